The van der Waals surface area contributed by atoms with E-state index in [4.69, 9.17) is 4.74 Å². The van der Waals surface area contributed by atoms with Crippen LogP contribution in [0.4, 0.5) is 0 Å². The first kappa shape index (κ1) is 25.7. The molecule has 6 atom stereocenters. The van der Waals surface area contributed by atoms with Crippen LogP contribution in [0.25, 0.3) is 0 Å². The van der Waals surface area contributed by atoms with Crippen molar-refractivity contribution < 1.29 is 19.1 Å². The highest BCUT2D eigenvalue weighted by Crippen LogP contribution is 2.64. The molecule has 2 amide bonds. The van der Waals surface area contributed by atoms with E-state index in [1.165, 1.54) is 12.7 Å². The van der Waals surface area contributed by atoms with Crippen LogP contribution in [0, 0.1) is 28.6 Å². The van der Waals surface area contributed by atoms with Crippen molar-refractivity contribution in [1.82, 2.24) is 10.6 Å². The third-order valence-electron chi connectivity index (χ3n) is 9.28. The van der Waals surface area contributed by atoms with Gasteiger partial charge in [-0.15, -0.1) is 0 Å². The second kappa shape index (κ2) is 8.94. The topological polar surface area (TPSA) is 84.5 Å². The standard InChI is InChI=1S/C29H42N2O4/c1-17(26(34)35-7)30-24(32)18-12-14-28(5)19(16-18)8-9-20-21-10-11-23(25(33)31-27(2,3)4)29(21,6)15-13-22(20)28/h8,11,16-17,20-22H,9-10,12-15H2,1-7H3,(H,30,32)(H,31,33)/t17?,20-,21-,22-,28-,29-/m0/s1. The van der Waals surface area contributed by atoms with Crippen molar-refractivity contribution in [2.45, 2.75) is 91.6 Å². The SMILES string of the molecule is COC(=O)C(C)NC(=O)C1=CC2=CC[C@@H]3[C@H](CC[C@]4(C)C(C(=O)NC(C)(C)C)=CC[C@@H]34)[C@@]2(C)CC1. The second-order valence-corrected chi connectivity index (χ2v) is 12.6. The van der Waals surface area contributed by atoms with Crippen molar-refractivity contribution >= 4 is 17.8 Å². The zero-order chi connectivity index (χ0) is 25.8. The Labute approximate surface area is 210 Å². The zero-order valence-electron chi connectivity index (χ0n) is 22.4. The maximum Gasteiger partial charge on any atom is 0.328 e. The van der Waals surface area contributed by atoms with Crippen LogP contribution in [0.5, 0.6) is 0 Å². The Morgan fingerprint density at radius 2 is 1.74 bits per heavy atom. The molecule has 0 aromatic carbocycles. The average molecular weight is 483 g/mol. The summed E-state index contributed by atoms with van der Waals surface area (Å²) in [6.45, 7) is 12.4. The lowest BCUT2D eigenvalue weighted by molar-refractivity contribution is -0.144. The molecule has 0 bridgehead atoms. The van der Waals surface area contributed by atoms with Gasteiger partial charge in [-0.2, -0.15) is 0 Å². The van der Waals surface area contributed by atoms with Gasteiger partial charge in [0.05, 0.1) is 7.11 Å². The predicted octanol–water partition coefficient (Wildman–Crippen LogP) is 4.61. The molecule has 0 radical (unpaired) electrons. The minimum atomic E-state index is -0.665. The van der Waals surface area contributed by atoms with Crippen molar-refractivity contribution in [3.63, 3.8) is 0 Å². The fraction of sp³-hybridized carbons (Fsp3) is 0.690. The van der Waals surface area contributed by atoms with E-state index >= 15 is 0 Å². The Morgan fingerprint density at radius 1 is 1.03 bits per heavy atom. The second-order valence-electron chi connectivity index (χ2n) is 12.6. The molecule has 192 valence electrons. The van der Waals surface area contributed by atoms with Crippen LogP contribution < -0.4 is 10.6 Å². The summed E-state index contributed by atoms with van der Waals surface area (Å²) < 4.78 is 4.74. The summed E-state index contributed by atoms with van der Waals surface area (Å²) in [5.74, 6) is 1.04. The molecule has 0 heterocycles. The average Bonchev–Trinajstić information content (AvgIpc) is 3.14. The van der Waals surface area contributed by atoms with Gasteiger partial charge in [-0.3, -0.25) is 9.59 Å². The molecule has 0 aromatic rings. The lowest BCUT2D eigenvalue weighted by Crippen LogP contribution is -2.51. The monoisotopic (exact) mass is 482 g/mol. The molecule has 6 nitrogen and oxygen atoms in total. The maximum atomic E-state index is 13.1. The number of esters is 1. The Hall–Kier alpha value is -2.37. The molecule has 4 rings (SSSR count). The van der Waals surface area contributed by atoms with Crippen LogP contribution in [-0.2, 0) is 19.1 Å². The molecule has 1 saturated carbocycles. The third kappa shape index (κ3) is 4.49. The first-order chi connectivity index (χ1) is 16.3. The Kier molecular flexibility index (Phi) is 6.56. The summed E-state index contributed by atoms with van der Waals surface area (Å²) in [6, 6.07) is -0.665. The highest BCUT2D eigenvalue weighted by molar-refractivity contribution is 5.97. The first-order valence-electron chi connectivity index (χ1n) is 13.1. The number of nitrogens with one attached hydrogen (secondary N) is 2. The van der Waals surface area contributed by atoms with Crippen LogP contribution in [0.3, 0.4) is 0 Å². The van der Waals surface area contributed by atoms with Gasteiger partial charge in [0.1, 0.15) is 6.04 Å². The summed E-state index contributed by atoms with van der Waals surface area (Å²) in [7, 11) is 1.33. The van der Waals surface area contributed by atoms with E-state index in [9.17, 15) is 14.4 Å². The number of methoxy groups -OCH3 is 1. The fourth-order valence-corrected chi connectivity index (χ4v) is 7.36. The number of hydrogen-bond acceptors (Lipinski definition) is 4. The van der Waals surface area contributed by atoms with Crippen molar-refractivity contribution in [3.8, 4) is 0 Å². The van der Waals surface area contributed by atoms with E-state index in [2.05, 4.69) is 42.7 Å². The van der Waals surface area contributed by atoms with Gasteiger partial charge >= 0.3 is 5.97 Å². The molecule has 6 heteroatoms. The molecule has 2 N–H and O–H groups in total. The molecule has 1 unspecified atom stereocenters. The summed E-state index contributed by atoms with van der Waals surface area (Å²) in [4.78, 5) is 37.7. The number of carbonyl (C=O) groups excluding carboxylic acids is 3. The summed E-state index contributed by atoms with van der Waals surface area (Å²) in [5.41, 5.74) is 2.72. The van der Waals surface area contributed by atoms with Crippen LogP contribution in [-0.4, -0.2) is 36.5 Å². The van der Waals surface area contributed by atoms with E-state index in [0.29, 0.717) is 24.2 Å². The highest BCUT2D eigenvalue weighted by atomic mass is 16.5. The molecular weight excluding hydrogens is 440 g/mol. The first-order valence-corrected chi connectivity index (χ1v) is 13.1. The molecule has 4 aliphatic rings. The molecule has 0 spiro atoms. The molecule has 4 aliphatic carbocycles. The Morgan fingerprint density at radius 3 is 2.40 bits per heavy atom. The van der Waals surface area contributed by atoms with Gasteiger partial charge < -0.3 is 15.4 Å². The van der Waals surface area contributed by atoms with E-state index in [0.717, 1.165) is 43.3 Å². The van der Waals surface area contributed by atoms with Gasteiger partial charge in [0, 0.05) is 22.1 Å². The maximum absolute atomic E-state index is 13.1. The molecule has 1 fully saturated rings. The predicted molar refractivity (Wildman–Crippen MR) is 136 cm³/mol. The molecule has 0 aromatic heterocycles. The summed E-state index contributed by atoms with van der Waals surface area (Å²) >= 11 is 0. The Balaban J connectivity index is 1.53. The van der Waals surface area contributed by atoms with E-state index in [1.54, 1.807) is 6.92 Å². The summed E-state index contributed by atoms with van der Waals surface area (Å²) in [6.07, 6.45) is 12.3. The number of ether oxygens (including phenoxy) is 1. The lowest BCUT2D eigenvalue weighted by Gasteiger charge is -2.56. The van der Waals surface area contributed by atoms with Crippen LogP contribution in [0.15, 0.2) is 34.9 Å². The van der Waals surface area contributed by atoms with Gasteiger partial charge in [-0.25, -0.2) is 4.79 Å². The lowest BCUT2D eigenvalue weighted by atomic mass is 9.48. The largest absolute Gasteiger partial charge is 0.467 e. The minimum Gasteiger partial charge on any atom is -0.467 e. The van der Waals surface area contributed by atoms with Gasteiger partial charge in [0.2, 0.25) is 11.8 Å². The molecule has 0 saturated heterocycles. The zero-order valence-corrected chi connectivity index (χ0v) is 22.4. The van der Waals surface area contributed by atoms with Gasteiger partial charge in [0.25, 0.3) is 0 Å². The van der Waals surface area contributed by atoms with Crippen molar-refractivity contribution in [3.05, 3.63) is 34.9 Å². The number of amides is 2. The van der Waals surface area contributed by atoms with Crippen molar-refractivity contribution in [2.75, 3.05) is 7.11 Å². The minimum absolute atomic E-state index is 0.0401. The smallest absolute Gasteiger partial charge is 0.328 e. The third-order valence-corrected chi connectivity index (χ3v) is 9.28. The van der Waals surface area contributed by atoms with Crippen molar-refractivity contribution in [1.29, 1.82) is 0 Å². The van der Waals surface area contributed by atoms with Crippen LogP contribution in [0.2, 0.25) is 0 Å². The van der Waals surface area contributed by atoms with Crippen molar-refractivity contribution in [2.24, 2.45) is 28.6 Å². The van der Waals surface area contributed by atoms with Gasteiger partial charge in [-0.1, -0.05) is 32.1 Å². The van der Waals surface area contributed by atoms with Crippen LogP contribution >= 0.6 is 0 Å². The number of hydrogen-bond donors (Lipinski definition) is 2. The molecule has 35 heavy (non-hydrogen) atoms. The van der Waals surface area contributed by atoms with Gasteiger partial charge in [0.15, 0.2) is 0 Å². The Bertz CT molecular complexity index is 1020. The number of fused-ring (bicyclic) bond motifs is 5. The number of rotatable bonds is 4. The molecular formula is C29H42N2O4. The number of allylic oxidation sites excluding steroid dienone is 4. The summed E-state index contributed by atoms with van der Waals surface area (Å²) in [5, 5.41) is 5.97. The van der Waals surface area contributed by atoms with E-state index in [1.807, 2.05) is 20.8 Å². The normalized spacial score (nSPS) is 34.7. The number of carbonyl (C=O) groups is 3. The van der Waals surface area contributed by atoms with E-state index < -0.39 is 12.0 Å². The van der Waals surface area contributed by atoms with Crippen LogP contribution in [0.1, 0.15) is 80.1 Å². The van der Waals surface area contributed by atoms with E-state index in [-0.39, 0.29) is 28.2 Å². The molecule has 0 aliphatic heterocycles. The quantitative estimate of drug-likeness (QED) is 0.573. The highest BCUT2D eigenvalue weighted by Gasteiger charge is 2.57. The fourth-order valence-electron chi connectivity index (χ4n) is 7.36. The van der Waals surface area contributed by atoms with Gasteiger partial charge in [-0.05, 0) is 95.0 Å².